The molecule has 1 aromatic carbocycles. The SMILES string of the molecule is COC(=O)c1ccc(S(=O)(=O)N2CCC(NC(=O)c3cccs3)CC2)c(C)c1. The Morgan fingerprint density at radius 2 is 1.93 bits per heavy atom. The molecule has 0 unspecified atom stereocenters. The van der Waals surface area contributed by atoms with E-state index in [4.69, 9.17) is 0 Å². The summed E-state index contributed by atoms with van der Waals surface area (Å²) in [5.41, 5.74) is 0.810. The smallest absolute Gasteiger partial charge is 0.337 e. The minimum absolute atomic E-state index is 0.0520. The van der Waals surface area contributed by atoms with E-state index in [-0.39, 0.29) is 16.8 Å². The minimum Gasteiger partial charge on any atom is -0.465 e. The van der Waals surface area contributed by atoms with Crippen LogP contribution >= 0.6 is 11.3 Å². The summed E-state index contributed by atoms with van der Waals surface area (Å²) in [5.74, 6) is -0.625. The zero-order valence-electron chi connectivity index (χ0n) is 15.7. The maximum absolute atomic E-state index is 13.0. The van der Waals surface area contributed by atoms with Crippen LogP contribution < -0.4 is 5.32 Å². The quantitative estimate of drug-likeness (QED) is 0.747. The lowest BCUT2D eigenvalue weighted by molar-refractivity contribution is 0.0600. The lowest BCUT2D eigenvalue weighted by Crippen LogP contribution is -2.46. The molecule has 9 heteroatoms. The van der Waals surface area contributed by atoms with Gasteiger partial charge in [0.15, 0.2) is 0 Å². The van der Waals surface area contributed by atoms with Gasteiger partial charge in [0, 0.05) is 19.1 Å². The summed E-state index contributed by atoms with van der Waals surface area (Å²) >= 11 is 1.38. The lowest BCUT2D eigenvalue weighted by Gasteiger charge is -2.32. The van der Waals surface area contributed by atoms with Gasteiger partial charge < -0.3 is 10.1 Å². The average molecular weight is 423 g/mol. The van der Waals surface area contributed by atoms with Crippen molar-refractivity contribution < 1.29 is 22.7 Å². The second-order valence-corrected chi connectivity index (χ2v) is 9.46. The van der Waals surface area contributed by atoms with Crippen molar-refractivity contribution in [1.29, 1.82) is 0 Å². The topological polar surface area (TPSA) is 92.8 Å². The first-order chi connectivity index (χ1) is 13.3. The van der Waals surface area contributed by atoms with Gasteiger partial charge in [-0.05, 0) is 55.0 Å². The van der Waals surface area contributed by atoms with Crippen LogP contribution in [-0.4, -0.2) is 50.8 Å². The predicted molar refractivity (Wildman–Crippen MR) is 106 cm³/mol. The fraction of sp³-hybridized carbons (Fsp3) is 0.368. The number of amides is 1. The Morgan fingerprint density at radius 1 is 1.21 bits per heavy atom. The molecule has 7 nitrogen and oxygen atoms in total. The number of carbonyl (C=O) groups is 2. The third-order valence-electron chi connectivity index (χ3n) is 4.75. The summed E-state index contributed by atoms with van der Waals surface area (Å²) in [4.78, 5) is 24.6. The van der Waals surface area contributed by atoms with Crippen molar-refractivity contribution in [3.63, 3.8) is 0 Å². The van der Waals surface area contributed by atoms with Gasteiger partial charge in [0.25, 0.3) is 5.91 Å². The number of thiophene rings is 1. The van der Waals surface area contributed by atoms with E-state index in [1.54, 1.807) is 13.0 Å². The Balaban J connectivity index is 1.66. The molecule has 28 heavy (non-hydrogen) atoms. The van der Waals surface area contributed by atoms with Gasteiger partial charge in [-0.15, -0.1) is 11.3 Å². The second kappa shape index (κ2) is 8.42. The normalized spacial score (nSPS) is 15.9. The van der Waals surface area contributed by atoms with E-state index in [0.717, 1.165) is 0 Å². The van der Waals surface area contributed by atoms with Crippen LogP contribution in [0.4, 0.5) is 0 Å². The van der Waals surface area contributed by atoms with E-state index in [1.807, 2.05) is 11.4 Å². The number of carbonyl (C=O) groups excluding carboxylic acids is 2. The number of piperidine rings is 1. The first kappa shape index (κ1) is 20.5. The maximum Gasteiger partial charge on any atom is 0.337 e. The molecular weight excluding hydrogens is 400 g/mol. The molecule has 1 N–H and O–H groups in total. The molecule has 1 aliphatic rings. The first-order valence-corrected chi connectivity index (χ1v) is 11.2. The number of rotatable bonds is 5. The van der Waals surface area contributed by atoms with Gasteiger partial charge in [0.1, 0.15) is 0 Å². The number of methoxy groups -OCH3 is 1. The van der Waals surface area contributed by atoms with E-state index >= 15 is 0 Å². The summed E-state index contributed by atoms with van der Waals surface area (Å²) < 4.78 is 32.1. The highest BCUT2D eigenvalue weighted by atomic mass is 32.2. The van der Waals surface area contributed by atoms with Gasteiger partial charge in [-0.3, -0.25) is 4.79 Å². The van der Waals surface area contributed by atoms with Gasteiger partial charge in [0.2, 0.25) is 10.0 Å². The second-order valence-electron chi connectivity index (χ2n) is 6.60. The van der Waals surface area contributed by atoms with E-state index in [1.165, 1.54) is 41.0 Å². The summed E-state index contributed by atoms with van der Waals surface area (Å²) in [6.07, 6.45) is 1.10. The number of ether oxygens (including phenoxy) is 1. The van der Waals surface area contributed by atoms with Crippen LogP contribution in [0.5, 0.6) is 0 Å². The van der Waals surface area contributed by atoms with Crippen molar-refractivity contribution in [3.8, 4) is 0 Å². The van der Waals surface area contributed by atoms with Gasteiger partial charge in [-0.25, -0.2) is 13.2 Å². The number of hydrogen-bond acceptors (Lipinski definition) is 6. The van der Waals surface area contributed by atoms with Gasteiger partial charge >= 0.3 is 5.97 Å². The minimum atomic E-state index is -3.67. The molecule has 1 fully saturated rings. The number of esters is 1. The summed E-state index contributed by atoms with van der Waals surface area (Å²) in [5, 5.41) is 4.81. The fourth-order valence-corrected chi connectivity index (χ4v) is 5.53. The molecule has 1 amide bonds. The fourth-order valence-electron chi connectivity index (χ4n) is 3.23. The Kier molecular flexibility index (Phi) is 6.17. The number of nitrogens with one attached hydrogen (secondary N) is 1. The zero-order valence-corrected chi connectivity index (χ0v) is 17.3. The third-order valence-corrected chi connectivity index (χ3v) is 7.68. The lowest BCUT2D eigenvalue weighted by atomic mass is 10.1. The van der Waals surface area contributed by atoms with Crippen LogP contribution in [0.3, 0.4) is 0 Å². The third kappa shape index (κ3) is 4.26. The molecule has 2 aromatic rings. The zero-order chi connectivity index (χ0) is 20.3. The van der Waals surface area contributed by atoms with Crippen LogP contribution in [0, 0.1) is 6.92 Å². The maximum atomic E-state index is 13.0. The number of nitrogens with zero attached hydrogens (tertiary/aromatic N) is 1. The number of sulfonamides is 1. The Bertz CT molecular complexity index is 962. The largest absolute Gasteiger partial charge is 0.465 e. The molecule has 1 aromatic heterocycles. The van der Waals surface area contributed by atoms with Gasteiger partial charge in [-0.2, -0.15) is 4.31 Å². The molecule has 2 heterocycles. The molecular formula is C19H22N2O5S2. The monoisotopic (exact) mass is 422 g/mol. The van der Waals surface area contributed by atoms with Gasteiger partial charge in [-0.1, -0.05) is 6.07 Å². The van der Waals surface area contributed by atoms with Crippen molar-refractivity contribution in [2.45, 2.75) is 30.7 Å². The van der Waals surface area contributed by atoms with Crippen molar-refractivity contribution >= 4 is 33.2 Å². The summed E-state index contributed by atoms with van der Waals surface area (Å²) in [6, 6.07) is 7.96. The van der Waals surface area contributed by atoms with Crippen molar-refractivity contribution in [1.82, 2.24) is 9.62 Å². The average Bonchev–Trinajstić information content (AvgIpc) is 3.22. The van der Waals surface area contributed by atoms with Gasteiger partial charge in [0.05, 0.1) is 22.4 Å². The van der Waals surface area contributed by atoms with Crippen LogP contribution in [-0.2, 0) is 14.8 Å². The highest BCUT2D eigenvalue weighted by Crippen LogP contribution is 2.25. The van der Waals surface area contributed by atoms with Crippen LogP contribution in [0.1, 0.15) is 38.4 Å². The Hall–Kier alpha value is -2.23. The van der Waals surface area contributed by atoms with E-state index in [9.17, 15) is 18.0 Å². The predicted octanol–water partition coefficient (Wildman–Crippen LogP) is 2.43. The van der Waals surface area contributed by atoms with Crippen LogP contribution in [0.15, 0.2) is 40.6 Å². The van der Waals surface area contributed by atoms with Crippen LogP contribution in [0.2, 0.25) is 0 Å². The van der Waals surface area contributed by atoms with E-state index < -0.39 is 16.0 Å². The summed E-state index contributed by atoms with van der Waals surface area (Å²) in [7, 11) is -2.38. The van der Waals surface area contributed by atoms with Crippen LogP contribution in [0.25, 0.3) is 0 Å². The molecule has 3 rings (SSSR count). The van der Waals surface area contributed by atoms with E-state index in [2.05, 4.69) is 10.1 Å². The first-order valence-electron chi connectivity index (χ1n) is 8.86. The van der Waals surface area contributed by atoms with Crippen molar-refractivity contribution in [3.05, 3.63) is 51.7 Å². The molecule has 0 aliphatic carbocycles. The molecule has 0 bridgehead atoms. The molecule has 1 aliphatic heterocycles. The molecule has 0 atom stereocenters. The molecule has 1 saturated heterocycles. The standard InChI is InChI=1S/C19H22N2O5S2/c1-13-12-14(19(23)26-2)5-6-17(13)28(24,25)21-9-7-15(8-10-21)20-18(22)16-4-3-11-27-16/h3-6,11-12,15H,7-10H2,1-2H3,(H,20,22). The summed E-state index contributed by atoms with van der Waals surface area (Å²) in [6.45, 7) is 2.32. The van der Waals surface area contributed by atoms with Crippen molar-refractivity contribution in [2.75, 3.05) is 20.2 Å². The Morgan fingerprint density at radius 3 is 2.50 bits per heavy atom. The molecule has 0 saturated carbocycles. The van der Waals surface area contributed by atoms with E-state index in [0.29, 0.717) is 41.9 Å². The van der Waals surface area contributed by atoms with Crippen molar-refractivity contribution in [2.24, 2.45) is 0 Å². The molecule has 0 spiro atoms. The molecule has 0 radical (unpaired) electrons. The molecule has 150 valence electrons. The number of hydrogen-bond donors (Lipinski definition) is 1. The highest BCUT2D eigenvalue weighted by Gasteiger charge is 2.31. The Labute approximate surface area is 168 Å². The number of aryl methyl sites for hydroxylation is 1. The highest BCUT2D eigenvalue weighted by molar-refractivity contribution is 7.89. The number of benzene rings is 1.